The van der Waals surface area contributed by atoms with Crippen molar-refractivity contribution in [2.75, 3.05) is 0 Å². The molecule has 0 aliphatic rings. The van der Waals surface area contributed by atoms with Gasteiger partial charge in [0, 0.05) is 9.79 Å². The largest absolute Gasteiger partial charge is 0.0895 e. The van der Waals surface area contributed by atoms with Crippen LogP contribution in [0.2, 0.25) is 0 Å². The Kier molecular flexibility index (Phi) is 3.58. The molecule has 2 aromatic carbocycles. The van der Waals surface area contributed by atoms with Crippen molar-refractivity contribution in [1.82, 2.24) is 0 Å². The molecule has 0 fully saturated rings. The molecule has 1 heteroatoms. The normalized spacial score (nSPS) is 10.6. The summed E-state index contributed by atoms with van der Waals surface area (Å²) in [6.07, 6.45) is 0. The summed E-state index contributed by atoms with van der Waals surface area (Å²) in [5, 5.41) is 0. The third-order valence-electron chi connectivity index (χ3n) is 3.26. The number of hydrogen-bond donors (Lipinski definition) is 0. The first-order valence-corrected chi connectivity index (χ1v) is 6.71. The smallest absolute Gasteiger partial charge is 0.0186 e. The summed E-state index contributed by atoms with van der Waals surface area (Å²) in [4.78, 5) is 2.72. The van der Waals surface area contributed by atoms with Gasteiger partial charge in [-0.1, -0.05) is 36.0 Å². The second-order valence-corrected chi connectivity index (χ2v) is 5.59. The molecule has 0 unspecified atom stereocenters. The van der Waals surface area contributed by atoms with Gasteiger partial charge < -0.3 is 0 Å². The molecule has 0 atom stereocenters. The highest BCUT2D eigenvalue weighted by Gasteiger charge is 2.09. The summed E-state index contributed by atoms with van der Waals surface area (Å²) in [7, 11) is 0. The molecule has 2 rings (SSSR count). The van der Waals surface area contributed by atoms with Crippen LogP contribution >= 0.6 is 11.8 Å². The van der Waals surface area contributed by atoms with Crippen LogP contribution in [-0.4, -0.2) is 0 Å². The zero-order valence-corrected chi connectivity index (χ0v) is 11.7. The Labute approximate surface area is 108 Å². The van der Waals surface area contributed by atoms with Crippen molar-refractivity contribution in [3.05, 3.63) is 58.7 Å². The molecule has 17 heavy (non-hydrogen) atoms. The van der Waals surface area contributed by atoms with E-state index in [1.807, 2.05) is 11.8 Å². The number of benzene rings is 2. The van der Waals surface area contributed by atoms with E-state index in [9.17, 15) is 0 Å². The summed E-state index contributed by atoms with van der Waals surface area (Å²) >= 11 is 1.87. The maximum atomic E-state index is 2.28. The van der Waals surface area contributed by atoms with Crippen LogP contribution in [0.25, 0.3) is 0 Å². The monoisotopic (exact) mass is 242 g/mol. The average molecular weight is 242 g/mol. The van der Waals surface area contributed by atoms with Crippen molar-refractivity contribution >= 4 is 11.8 Å². The Morgan fingerprint density at radius 3 is 1.82 bits per heavy atom. The lowest BCUT2D eigenvalue weighted by molar-refractivity contribution is 1.13. The minimum absolute atomic E-state index is 1.31. The number of rotatable bonds is 2. The SMILES string of the molecule is Cc1cc(C)c(C)c(Sc2ccccc2)c1C. The maximum Gasteiger partial charge on any atom is 0.0186 e. The number of aryl methyl sites for hydroxylation is 2. The molecule has 0 radical (unpaired) electrons. The van der Waals surface area contributed by atoms with Gasteiger partial charge in [0.05, 0.1) is 0 Å². The van der Waals surface area contributed by atoms with E-state index < -0.39 is 0 Å². The first-order chi connectivity index (χ1) is 8.09. The number of hydrogen-bond acceptors (Lipinski definition) is 1. The highest BCUT2D eigenvalue weighted by molar-refractivity contribution is 7.99. The van der Waals surface area contributed by atoms with Gasteiger partial charge in [0.25, 0.3) is 0 Å². The first kappa shape index (κ1) is 12.3. The quantitative estimate of drug-likeness (QED) is 0.708. The van der Waals surface area contributed by atoms with Crippen LogP contribution in [0, 0.1) is 27.7 Å². The second-order valence-electron chi connectivity index (χ2n) is 4.50. The van der Waals surface area contributed by atoms with E-state index in [0.29, 0.717) is 0 Å². The van der Waals surface area contributed by atoms with E-state index in [-0.39, 0.29) is 0 Å². The molecular weight excluding hydrogens is 224 g/mol. The molecule has 0 N–H and O–H groups in total. The van der Waals surface area contributed by atoms with Crippen LogP contribution in [0.15, 0.2) is 46.2 Å². The van der Waals surface area contributed by atoms with Crippen molar-refractivity contribution in [1.29, 1.82) is 0 Å². The topological polar surface area (TPSA) is 0 Å². The summed E-state index contributed by atoms with van der Waals surface area (Å²) in [5.41, 5.74) is 5.57. The van der Waals surface area contributed by atoms with E-state index in [1.54, 1.807) is 0 Å². The van der Waals surface area contributed by atoms with Gasteiger partial charge in [-0.2, -0.15) is 0 Å². The molecule has 0 amide bonds. The summed E-state index contributed by atoms with van der Waals surface area (Å²) in [5.74, 6) is 0. The van der Waals surface area contributed by atoms with Gasteiger partial charge >= 0.3 is 0 Å². The van der Waals surface area contributed by atoms with Gasteiger partial charge in [0.15, 0.2) is 0 Å². The maximum absolute atomic E-state index is 2.28. The second kappa shape index (κ2) is 4.97. The summed E-state index contributed by atoms with van der Waals surface area (Å²) < 4.78 is 0. The Hall–Kier alpha value is -1.21. The van der Waals surface area contributed by atoms with Crippen LogP contribution in [0.5, 0.6) is 0 Å². The Morgan fingerprint density at radius 1 is 0.765 bits per heavy atom. The van der Waals surface area contributed by atoms with Crippen LogP contribution in [0.4, 0.5) is 0 Å². The van der Waals surface area contributed by atoms with E-state index >= 15 is 0 Å². The van der Waals surface area contributed by atoms with Crippen LogP contribution < -0.4 is 0 Å². The fraction of sp³-hybridized carbons (Fsp3) is 0.250. The minimum atomic E-state index is 1.31. The molecule has 0 aliphatic carbocycles. The highest BCUT2D eigenvalue weighted by Crippen LogP contribution is 2.35. The van der Waals surface area contributed by atoms with Crippen LogP contribution in [-0.2, 0) is 0 Å². The molecule has 2 aromatic rings. The summed E-state index contributed by atoms with van der Waals surface area (Å²) in [6.45, 7) is 8.81. The molecule has 0 spiro atoms. The Bertz CT molecular complexity index is 501. The van der Waals surface area contributed by atoms with Crippen molar-refractivity contribution in [3.63, 3.8) is 0 Å². The molecule has 0 bridgehead atoms. The van der Waals surface area contributed by atoms with E-state index in [0.717, 1.165) is 0 Å². The molecular formula is C16H18S. The standard InChI is InChI=1S/C16H18S/c1-11-10-12(2)14(4)16(13(11)3)17-15-8-6-5-7-9-15/h5-10H,1-4H3. The van der Waals surface area contributed by atoms with Crippen molar-refractivity contribution in [2.45, 2.75) is 37.5 Å². The summed E-state index contributed by atoms with van der Waals surface area (Å²) in [6, 6.07) is 12.9. The third kappa shape index (κ3) is 2.55. The Balaban J connectivity index is 2.46. The predicted octanol–water partition coefficient (Wildman–Crippen LogP) is 5.07. The molecule has 0 aliphatic heterocycles. The molecule has 0 saturated heterocycles. The average Bonchev–Trinajstić information content (AvgIpc) is 2.33. The lowest BCUT2D eigenvalue weighted by Gasteiger charge is -2.14. The fourth-order valence-corrected chi connectivity index (χ4v) is 3.10. The third-order valence-corrected chi connectivity index (χ3v) is 4.58. The van der Waals surface area contributed by atoms with Crippen molar-refractivity contribution < 1.29 is 0 Å². The van der Waals surface area contributed by atoms with Crippen molar-refractivity contribution in [2.24, 2.45) is 0 Å². The fourth-order valence-electron chi connectivity index (χ4n) is 1.94. The lowest BCUT2D eigenvalue weighted by atomic mass is 10.0. The molecule has 0 nitrogen and oxygen atoms in total. The zero-order chi connectivity index (χ0) is 12.4. The zero-order valence-electron chi connectivity index (χ0n) is 10.9. The Morgan fingerprint density at radius 2 is 1.29 bits per heavy atom. The van der Waals surface area contributed by atoms with Crippen LogP contribution in [0.3, 0.4) is 0 Å². The molecule has 0 saturated carbocycles. The van der Waals surface area contributed by atoms with E-state index in [2.05, 4.69) is 64.1 Å². The van der Waals surface area contributed by atoms with Gasteiger partial charge in [-0.25, -0.2) is 0 Å². The van der Waals surface area contributed by atoms with Gasteiger partial charge in [-0.15, -0.1) is 0 Å². The lowest BCUT2D eigenvalue weighted by Crippen LogP contribution is -1.93. The van der Waals surface area contributed by atoms with Gasteiger partial charge in [-0.3, -0.25) is 0 Å². The van der Waals surface area contributed by atoms with Gasteiger partial charge in [0.2, 0.25) is 0 Å². The molecule has 0 aromatic heterocycles. The van der Waals surface area contributed by atoms with E-state index in [1.165, 1.54) is 32.0 Å². The highest BCUT2D eigenvalue weighted by atomic mass is 32.2. The van der Waals surface area contributed by atoms with Crippen molar-refractivity contribution in [3.8, 4) is 0 Å². The van der Waals surface area contributed by atoms with E-state index in [4.69, 9.17) is 0 Å². The molecule has 0 heterocycles. The molecule has 88 valence electrons. The predicted molar refractivity (Wildman–Crippen MR) is 76.0 cm³/mol. The van der Waals surface area contributed by atoms with Gasteiger partial charge in [0.1, 0.15) is 0 Å². The first-order valence-electron chi connectivity index (χ1n) is 5.90. The van der Waals surface area contributed by atoms with Gasteiger partial charge in [-0.05, 0) is 62.1 Å². The van der Waals surface area contributed by atoms with Crippen LogP contribution in [0.1, 0.15) is 22.3 Å². The minimum Gasteiger partial charge on any atom is -0.0895 e.